The van der Waals surface area contributed by atoms with Gasteiger partial charge in [0.1, 0.15) is 0 Å². The molecule has 1 heterocycles. The van der Waals surface area contributed by atoms with E-state index in [4.69, 9.17) is 11.6 Å². The Labute approximate surface area is 140 Å². The number of hydrogen-bond donors (Lipinski definition) is 1. The van der Waals surface area contributed by atoms with Crippen LogP contribution in [0.5, 0.6) is 0 Å². The number of benzene rings is 2. The molecule has 0 saturated carbocycles. The third-order valence-electron chi connectivity index (χ3n) is 3.95. The number of rotatable bonds is 3. The van der Waals surface area contributed by atoms with Crippen molar-refractivity contribution in [1.82, 2.24) is 0 Å². The first-order valence-electron chi connectivity index (χ1n) is 7.46. The van der Waals surface area contributed by atoms with Gasteiger partial charge < -0.3 is 10.2 Å². The molecule has 0 aromatic heterocycles. The van der Waals surface area contributed by atoms with Gasteiger partial charge in [0.25, 0.3) is 0 Å². The lowest BCUT2D eigenvalue weighted by molar-refractivity contribution is -0.122. The molecule has 1 atom stereocenters. The summed E-state index contributed by atoms with van der Waals surface area (Å²) in [5, 5.41) is 3.49. The van der Waals surface area contributed by atoms with Gasteiger partial charge in [0.2, 0.25) is 11.8 Å². The number of halogens is 1. The fraction of sp³-hybridized carbons (Fsp3) is 0.222. The molecule has 1 saturated heterocycles. The van der Waals surface area contributed by atoms with Crippen molar-refractivity contribution in [1.29, 1.82) is 0 Å². The predicted octanol–water partition coefficient (Wildman–Crippen LogP) is 3.64. The van der Waals surface area contributed by atoms with E-state index in [1.54, 1.807) is 29.2 Å². The highest BCUT2D eigenvalue weighted by Crippen LogP contribution is 2.27. The maximum atomic E-state index is 12.4. The zero-order valence-corrected chi connectivity index (χ0v) is 13.5. The van der Waals surface area contributed by atoms with Crippen molar-refractivity contribution >= 4 is 34.8 Å². The third-order valence-corrected chi connectivity index (χ3v) is 4.21. The third kappa shape index (κ3) is 3.54. The van der Waals surface area contributed by atoms with Crippen LogP contribution < -0.4 is 10.2 Å². The molecule has 2 aromatic rings. The van der Waals surface area contributed by atoms with Crippen LogP contribution >= 0.6 is 11.6 Å². The molecule has 0 bridgehead atoms. The van der Waals surface area contributed by atoms with E-state index in [-0.39, 0.29) is 24.2 Å². The highest BCUT2D eigenvalue weighted by molar-refractivity contribution is 6.30. The van der Waals surface area contributed by atoms with Crippen LogP contribution in [0, 0.1) is 12.8 Å². The van der Waals surface area contributed by atoms with Gasteiger partial charge in [-0.25, -0.2) is 0 Å². The van der Waals surface area contributed by atoms with Crippen LogP contribution in [-0.4, -0.2) is 18.4 Å². The number of anilines is 2. The van der Waals surface area contributed by atoms with Crippen molar-refractivity contribution in [3.8, 4) is 0 Å². The van der Waals surface area contributed by atoms with Gasteiger partial charge in [0, 0.05) is 29.4 Å². The smallest absolute Gasteiger partial charge is 0.229 e. The molecule has 1 aliphatic heterocycles. The number of amides is 2. The second-order valence-electron chi connectivity index (χ2n) is 5.74. The fourth-order valence-corrected chi connectivity index (χ4v) is 2.76. The van der Waals surface area contributed by atoms with E-state index in [1.807, 2.05) is 31.2 Å². The molecule has 1 N–H and O–H groups in total. The Morgan fingerprint density at radius 2 is 1.78 bits per heavy atom. The molecule has 0 spiro atoms. The Hall–Kier alpha value is -2.33. The standard InChI is InChI=1S/C18H17ClN2O2/c1-12-2-6-15(7-3-12)20-18(23)13-10-17(22)21(11-13)16-8-4-14(19)5-9-16/h2-9,13H,10-11H2,1H3,(H,20,23). The lowest BCUT2D eigenvalue weighted by atomic mass is 10.1. The minimum absolute atomic E-state index is 0.0450. The second-order valence-corrected chi connectivity index (χ2v) is 6.17. The van der Waals surface area contributed by atoms with Crippen molar-refractivity contribution < 1.29 is 9.59 Å². The average molecular weight is 329 g/mol. The lowest BCUT2D eigenvalue weighted by Gasteiger charge is -2.16. The molecule has 5 heteroatoms. The SMILES string of the molecule is Cc1ccc(NC(=O)C2CC(=O)N(c3ccc(Cl)cc3)C2)cc1. The zero-order chi connectivity index (χ0) is 16.4. The molecular weight excluding hydrogens is 312 g/mol. The van der Waals surface area contributed by atoms with Crippen molar-refractivity contribution in [2.24, 2.45) is 5.92 Å². The Morgan fingerprint density at radius 1 is 1.13 bits per heavy atom. The largest absolute Gasteiger partial charge is 0.326 e. The molecule has 118 valence electrons. The van der Waals surface area contributed by atoms with Gasteiger partial charge >= 0.3 is 0 Å². The molecule has 23 heavy (non-hydrogen) atoms. The zero-order valence-electron chi connectivity index (χ0n) is 12.8. The Bertz CT molecular complexity index is 726. The lowest BCUT2D eigenvalue weighted by Crippen LogP contribution is -2.28. The quantitative estimate of drug-likeness (QED) is 0.935. The monoisotopic (exact) mass is 328 g/mol. The highest BCUT2D eigenvalue weighted by atomic mass is 35.5. The molecule has 4 nitrogen and oxygen atoms in total. The summed E-state index contributed by atoms with van der Waals surface area (Å²) >= 11 is 5.87. The first-order valence-corrected chi connectivity index (χ1v) is 7.84. The Balaban J connectivity index is 1.68. The highest BCUT2D eigenvalue weighted by Gasteiger charge is 2.35. The van der Waals surface area contributed by atoms with E-state index < -0.39 is 0 Å². The van der Waals surface area contributed by atoms with Crippen LogP contribution in [0.25, 0.3) is 0 Å². The van der Waals surface area contributed by atoms with Crippen LogP contribution in [0.1, 0.15) is 12.0 Å². The predicted molar refractivity (Wildman–Crippen MR) is 91.7 cm³/mol. The number of aryl methyl sites for hydroxylation is 1. The number of nitrogens with one attached hydrogen (secondary N) is 1. The van der Waals surface area contributed by atoms with E-state index in [1.165, 1.54) is 0 Å². The maximum Gasteiger partial charge on any atom is 0.229 e. The second kappa shape index (κ2) is 6.42. The first-order chi connectivity index (χ1) is 11.0. The fourth-order valence-electron chi connectivity index (χ4n) is 2.63. The molecule has 0 radical (unpaired) electrons. The molecule has 1 unspecified atom stereocenters. The maximum absolute atomic E-state index is 12.4. The van der Waals surface area contributed by atoms with E-state index in [0.717, 1.165) is 16.9 Å². The van der Waals surface area contributed by atoms with Gasteiger partial charge in [-0.05, 0) is 43.3 Å². The topological polar surface area (TPSA) is 49.4 Å². The molecule has 1 fully saturated rings. The Kier molecular flexibility index (Phi) is 4.35. The number of carbonyl (C=O) groups excluding carboxylic acids is 2. The summed E-state index contributed by atoms with van der Waals surface area (Å²) in [6.07, 6.45) is 0.223. The van der Waals surface area contributed by atoms with E-state index in [2.05, 4.69) is 5.32 Å². The van der Waals surface area contributed by atoms with Gasteiger partial charge in [0.15, 0.2) is 0 Å². The first kappa shape index (κ1) is 15.6. The van der Waals surface area contributed by atoms with Crippen LogP contribution in [0.3, 0.4) is 0 Å². The van der Waals surface area contributed by atoms with Crippen LogP contribution in [-0.2, 0) is 9.59 Å². The van der Waals surface area contributed by atoms with Gasteiger partial charge in [-0.15, -0.1) is 0 Å². The number of carbonyl (C=O) groups is 2. The summed E-state index contributed by atoms with van der Waals surface area (Å²) in [6.45, 7) is 2.38. The van der Waals surface area contributed by atoms with Gasteiger partial charge in [0.05, 0.1) is 5.92 Å². The van der Waals surface area contributed by atoms with E-state index >= 15 is 0 Å². The van der Waals surface area contributed by atoms with Crippen molar-refractivity contribution in [2.75, 3.05) is 16.8 Å². The summed E-state index contributed by atoms with van der Waals surface area (Å²) in [5.41, 5.74) is 2.65. The van der Waals surface area contributed by atoms with Crippen LogP contribution in [0.15, 0.2) is 48.5 Å². The summed E-state index contributed by atoms with van der Waals surface area (Å²) in [6, 6.07) is 14.7. The number of nitrogens with zero attached hydrogens (tertiary/aromatic N) is 1. The van der Waals surface area contributed by atoms with Crippen molar-refractivity contribution in [2.45, 2.75) is 13.3 Å². The van der Waals surface area contributed by atoms with Crippen LogP contribution in [0.4, 0.5) is 11.4 Å². The summed E-state index contributed by atoms with van der Waals surface area (Å²) in [5.74, 6) is -0.519. The summed E-state index contributed by atoms with van der Waals surface area (Å²) < 4.78 is 0. The molecule has 0 aliphatic carbocycles. The molecule has 2 aromatic carbocycles. The van der Waals surface area contributed by atoms with Gasteiger partial charge in [-0.2, -0.15) is 0 Å². The van der Waals surface area contributed by atoms with E-state index in [9.17, 15) is 9.59 Å². The van der Waals surface area contributed by atoms with Gasteiger partial charge in [-0.3, -0.25) is 9.59 Å². The molecule has 1 aliphatic rings. The van der Waals surface area contributed by atoms with Crippen LogP contribution in [0.2, 0.25) is 5.02 Å². The summed E-state index contributed by atoms with van der Waals surface area (Å²) in [7, 11) is 0. The minimum atomic E-state index is -0.348. The van der Waals surface area contributed by atoms with Crippen molar-refractivity contribution in [3.05, 3.63) is 59.1 Å². The minimum Gasteiger partial charge on any atom is -0.326 e. The molecule has 3 rings (SSSR count). The molecular formula is C18H17ClN2O2. The summed E-state index contributed by atoms with van der Waals surface area (Å²) in [4.78, 5) is 26.2. The number of hydrogen-bond acceptors (Lipinski definition) is 2. The van der Waals surface area contributed by atoms with E-state index in [0.29, 0.717) is 11.6 Å². The molecule has 2 amide bonds. The Morgan fingerprint density at radius 3 is 2.43 bits per heavy atom. The average Bonchev–Trinajstić information content (AvgIpc) is 2.92. The van der Waals surface area contributed by atoms with Crippen molar-refractivity contribution in [3.63, 3.8) is 0 Å². The normalized spacial score (nSPS) is 17.4. The van der Waals surface area contributed by atoms with Gasteiger partial charge in [-0.1, -0.05) is 29.3 Å².